The molecule has 0 spiro atoms. The minimum atomic E-state index is -0.679. The molecule has 0 saturated carbocycles. The molecule has 0 radical (unpaired) electrons. The molecule has 100 valence electrons. The van der Waals surface area contributed by atoms with Gasteiger partial charge in [-0.2, -0.15) is 0 Å². The maximum Gasteiger partial charge on any atom is 0.242 e. The molecule has 17 heavy (non-hydrogen) atoms. The summed E-state index contributed by atoms with van der Waals surface area (Å²) in [7, 11) is 0. The van der Waals surface area contributed by atoms with E-state index < -0.39 is 5.54 Å². The number of piperazine rings is 1. The lowest BCUT2D eigenvalue weighted by Gasteiger charge is -2.38. The van der Waals surface area contributed by atoms with E-state index in [0.717, 1.165) is 45.6 Å². The Labute approximate surface area is 105 Å². The predicted octanol–water partition coefficient (Wildman–Crippen LogP) is 1.06. The normalized spacial score (nSPS) is 21.3. The Kier molecular flexibility index (Phi) is 5.40. The maximum atomic E-state index is 12.3. The monoisotopic (exact) mass is 241 g/mol. The Morgan fingerprint density at radius 3 is 2.24 bits per heavy atom. The van der Waals surface area contributed by atoms with Gasteiger partial charge in [0.1, 0.15) is 0 Å². The van der Waals surface area contributed by atoms with Gasteiger partial charge in [0.05, 0.1) is 5.54 Å². The number of hydrogen-bond donors (Lipinski definition) is 1. The average molecular weight is 241 g/mol. The standard InChI is InChI=1S/C13H27N3O/c1-4-6-13(3,14)12(17)16-10-8-15(7-5-2)9-11-16/h4-11,14H2,1-3H3. The van der Waals surface area contributed by atoms with Crippen LogP contribution in [0, 0.1) is 0 Å². The third kappa shape index (κ3) is 3.96. The molecule has 2 N–H and O–H groups in total. The van der Waals surface area contributed by atoms with Crippen LogP contribution in [0.25, 0.3) is 0 Å². The third-order valence-electron chi connectivity index (χ3n) is 3.46. The number of amides is 1. The van der Waals surface area contributed by atoms with Crippen molar-refractivity contribution in [1.82, 2.24) is 9.80 Å². The second-order valence-electron chi connectivity index (χ2n) is 5.30. The highest BCUT2D eigenvalue weighted by Gasteiger charge is 2.33. The number of carbonyl (C=O) groups is 1. The van der Waals surface area contributed by atoms with Crippen molar-refractivity contribution in [2.75, 3.05) is 32.7 Å². The minimum Gasteiger partial charge on any atom is -0.339 e. The number of nitrogens with two attached hydrogens (primary N) is 1. The van der Waals surface area contributed by atoms with Crippen LogP contribution in [-0.4, -0.2) is 54.0 Å². The molecule has 1 rings (SSSR count). The zero-order valence-corrected chi connectivity index (χ0v) is 11.5. The van der Waals surface area contributed by atoms with E-state index in [1.165, 1.54) is 6.42 Å². The quantitative estimate of drug-likeness (QED) is 0.783. The van der Waals surface area contributed by atoms with Crippen molar-refractivity contribution in [3.8, 4) is 0 Å². The van der Waals surface area contributed by atoms with Gasteiger partial charge in [0.2, 0.25) is 5.91 Å². The van der Waals surface area contributed by atoms with Crippen molar-refractivity contribution in [3.05, 3.63) is 0 Å². The van der Waals surface area contributed by atoms with E-state index in [1.807, 2.05) is 11.8 Å². The molecule has 4 heteroatoms. The second kappa shape index (κ2) is 6.36. The lowest BCUT2D eigenvalue weighted by molar-refractivity contribution is -0.138. The van der Waals surface area contributed by atoms with Crippen molar-refractivity contribution in [3.63, 3.8) is 0 Å². The summed E-state index contributed by atoms with van der Waals surface area (Å²) in [6.07, 6.45) is 2.90. The Bertz CT molecular complexity index is 245. The van der Waals surface area contributed by atoms with Crippen LogP contribution in [0.15, 0.2) is 0 Å². The maximum absolute atomic E-state index is 12.3. The number of nitrogens with zero attached hydrogens (tertiary/aromatic N) is 2. The fourth-order valence-electron chi connectivity index (χ4n) is 2.48. The Morgan fingerprint density at radius 2 is 1.76 bits per heavy atom. The summed E-state index contributed by atoms with van der Waals surface area (Å²) in [6, 6.07) is 0. The first kappa shape index (κ1) is 14.5. The lowest BCUT2D eigenvalue weighted by atomic mass is 9.95. The lowest BCUT2D eigenvalue weighted by Crippen LogP contribution is -2.58. The molecular formula is C13H27N3O. The van der Waals surface area contributed by atoms with E-state index in [0.29, 0.717) is 0 Å². The van der Waals surface area contributed by atoms with Crippen molar-refractivity contribution in [1.29, 1.82) is 0 Å². The molecule has 1 fully saturated rings. The molecular weight excluding hydrogens is 214 g/mol. The van der Waals surface area contributed by atoms with Crippen LogP contribution in [0.5, 0.6) is 0 Å². The van der Waals surface area contributed by atoms with E-state index in [1.54, 1.807) is 0 Å². The topological polar surface area (TPSA) is 49.6 Å². The Hall–Kier alpha value is -0.610. The van der Waals surface area contributed by atoms with Gasteiger partial charge in [0.15, 0.2) is 0 Å². The van der Waals surface area contributed by atoms with Crippen LogP contribution in [-0.2, 0) is 4.79 Å². The Balaban J connectivity index is 2.45. The first-order chi connectivity index (χ1) is 8.01. The van der Waals surface area contributed by atoms with E-state index in [2.05, 4.69) is 18.7 Å². The molecule has 4 nitrogen and oxygen atoms in total. The summed E-state index contributed by atoms with van der Waals surface area (Å²) < 4.78 is 0. The van der Waals surface area contributed by atoms with Gasteiger partial charge < -0.3 is 10.6 Å². The molecule has 0 aromatic carbocycles. The van der Waals surface area contributed by atoms with Crippen LogP contribution in [0.2, 0.25) is 0 Å². The zero-order chi connectivity index (χ0) is 12.9. The smallest absolute Gasteiger partial charge is 0.242 e. The molecule has 0 bridgehead atoms. The van der Waals surface area contributed by atoms with Gasteiger partial charge in [0.25, 0.3) is 0 Å². The van der Waals surface area contributed by atoms with Crippen molar-refractivity contribution in [2.45, 2.75) is 45.6 Å². The molecule has 0 aromatic heterocycles. The predicted molar refractivity (Wildman–Crippen MR) is 70.8 cm³/mol. The summed E-state index contributed by atoms with van der Waals surface area (Å²) in [6.45, 7) is 10.9. The van der Waals surface area contributed by atoms with E-state index in [-0.39, 0.29) is 5.91 Å². The van der Waals surface area contributed by atoms with Crippen molar-refractivity contribution in [2.24, 2.45) is 5.73 Å². The van der Waals surface area contributed by atoms with E-state index in [9.17, 15) is 4.79 Å². The summed E-state index contributed by atoms with van der Waals surface area (Å²) in [4.78, 5) is 16.6. The first-order valence-corrected chi connectivity index (χ1v) is 6.82. The largest absolute Gasteiger partial charge is 0.339 e. The highest BCUT2D eigenvalue weighted by Crippen LogP contribution is 2.14. The summed E-state index contributed by atoms with van der Waals surface area (Å²) in [5.74, 6) is 0.121. The van der Waals surface area contributed by atoms with Crippen LogP contribution in [0.1, 0.15) is 40.0 Å². The van der Waals surface area contributed by atoms with E-state index >= 15 is 0 Å². The second-order valence-corrected chi connectivity index (χ2v) is 5.30. The highest BCUT2D eigenvalue weighted by molar-refractivity contribution is 5.85. The summed E-state index contributed by atoms with van der Waals surface area (Å²) in [5, 5.41) is 0. The van der Waals surface area contributed by atoms with Crippen LogP contribution >= 0.6 is 0 Å². The fourth-order valence-corrected chi connectivity index (χ4v) is 2.48. The molecule has 1 saturated heterocycles. The van der Waals surface area contributed by atoms with Gasteiger partial charge in [-0.15, -0.1) is 0 Å². The van der Waals surface area contributed by atoms with Gasteiger partial charge in [-0.25, -0.2) is 0 Å². The van der Waals surface area contributed by atoms with Gasteiger partial charge >= 0.3 is 0 Å². The molecule has 1 unspecified atom stereocenters. The molecule has 1 heterocycles. The SMILES string of the molecule is CCCN1CCN(C(=O)C(C)(N)CCC)CC1. The van der Waals surface area contributed by atoms with Crippen molar-refractivity contribution < 1.29 is 4.79 Å². The molecule has 0 aromatic rings. The minimum absolute atomic E-state index is 0.121. The average Bonchev–Trinajstić information content (AvgIpc) is 2.29. The van der Waals surface area contributed by atoms with Crippen molar-refractivity contribution >= 4 is 5.91 Å². The number of hydrogen-bond acceptors (Lipinski definition) is 3. The van der Waals surface area contributed by atoms with Crippen LogP contribution < -0.4 is 5.73 Å². The molecule has 0 aliphatic carbocycles. The van der Waals surface area contributed by atoms with Gasteiger partial charge in [-0.1, -0.05) is 20.3 Å². The van der Waals surface area contributed by atoms with E-state index in [4.69, 9.17) is 5.73 Å². The summed E-state index contributed by atoms with van der Waals surface area (Å²) in [5.41, 5.74) is 5.41. The zero-order valence-electron chi connectivity index (χ0n) is 11.5. The third-order valence-corrected chi connectivity index (χ3v) is 3.46. The molecule has 1 atom stereocenters. The molecule has 1 aliphatic rings. The molecule has 1 amide bonds. The fraction of sp³-hybridized carbons (Fsp3) is 0.923. The van der Waals surface area contributed by atoms with Crippen LogP contribution in [0.3, 0.4) is 0 Å². The van der Waals surface area contributed by atoms with Gasteiger partial charge in [-0.3, -0.25) is 9.69 Å². The van der Waals surface area contributed by atoms with Crippen LogP contribution in [0.4, 0.5) is 0 Å². The number of carbonyl (C=O) groups excluding carboxylic acids is 1. The summed E-state index contributed by atoms with van der Waals surface area (Å²) >= 11 is 0. The van der Waals surface area contributed by atoms with Gasteiger partial charge in [-0.05, 0) is 26.3 Å². The first-order valence-electron chi connectivity index (χ1n) is 6.82. The van der Waals surface area contributed by atoms with Gasteiger partial charge in [0, 0.05) is 26.2 Å². The highest BCUT2D eigenvalue weighted by atomic mass is 16.2. The number of rotatable bonds is 5. The Morgan fingerprint density at radius 1 is 1.18 bits per heavy atom. The molecule has 1 aliphatic heterocycles.